The maximum Gasteiger partial charge on any atom is 0.147 e. The molecule has 1 fully saturated rings. The molecule has 108 valence electrons. The quantitative estimate of drug-likeness (QED) is 0.675. The number of rotatable bonds is 8. The smallest absolute Gasteiger partial charge is 0.147 e. The zero-order valence-corrected chi connectivity index (χ0v) is 12.6. The highest BCUT2D eigenvalue weighted by atomic mass is 32.2. The molecule has 1 unspecified atom stereocenters. The first kappa shape index (κ1) is 15.9. The van der Waals surface area contributed by atoms with E-state index in [-0.39, 0.29) is 0 Å². The molecule has 1 atom stereocenters. The van der Waals surface area contributed by atoms with Gasteiger partial charge < -0.3 is 10.2 Å². The molecule has 5 heteroatoms. The highest BCUT2D eigenvalue weighted by molar-refractivity contribution is 7.90. The van der Waals surface area contributed by atoms with Gasteiger partial charge in [0.15, 0.2) is 0 Å². The Labute approximate surface area is 112 Å². The number of hydrogen-bond acceptors (Lipinski definition) is 4. The fourth-order valence-corrected chi connectivity index (χ4v) is 3.21. The summed E-state index contributed by atoms with van der Waals surface area (Å²) in [6.07, 6.45) is 5.83. The second-order valence-electron chi connectivity index (χ2n) is 5.50. The van der Waals surface area contributed by atoms with Crippen LogP contribution < -0.4 is 5.32 Å². The minimum atomic E-state index is -2.80. The van der Waals surface area contributed by atoms with Crippen molar-refractivity contribution in [1.29, 1.82) is 0 Å². The molecule has 0 spiro atoms. The number of piperidine rings is 1. The highest BCUT2D eigenvalue weighted by Crippen LogP contribution is 2.15. The van der Waals surface area contributed by atoms with E-state index in [0.29, 0.717) is 5.75 Å². The third-order valence-electron chi connectivity index (χ3n) is 3.45. The van der Waals surface area contributed by atoms with Crippen molar-refractivity contribution in [3.63, 3.8) is 0 Å². The van der Waals surface area contributed by atoms with Gasteiger partial charge in [-0.3, -0.25) is 0 Å². The van der Waals surface area contributed by atoms with Gasteiger partial charge in [0.1, 0.15) is 9.84 Å². The van der Waals surface area contributed by atoms with Crippen LogP contribution in [0.4, 0.5) is 0 Å². The van der Waals surface area contributed by atoms with Gasteiger partial charge in [-0.25, -0.2) is 8.42 Å². The van der Waals surface area contributed by atoms with Crippen LogP contribution in [0.2, 0.25) is 0 Å². The molecule has 0 aromatic rings. The van der Waals surface area contributed by atoms with E-state index < -0.39 is 9.84 Å². The van der Waals surface area contributed by atoms with Gasteiger partial charge >= 0.3 is 0 Å². The molecule has 0 bridgehead atoms. The van der Waals surface area contributed by atoms with Crippen molar-refractivity contribution < 1.29 is 8.42 Å². The Morgan fingerprint density at radius 2 is 2.17 bits per heavy atom. The number of sulfone groups is 1. The predicted octanol–water partition coefficient (Wildman–Crippen LogP) is 1.13. The van der Waals surface area contributed by atoms with Crippen molar-refractivity contribution in [2.45, 2.75) is 32.6 Å². The minimum Gasteiger partial charge on any atom is -0.316 e. The Bertz CT molecular complexity index is 317. The minimum absolute atomic E-state index is 0.322. The predicted molar refractivity (Wildman–Crippen MR) is 76.7 cm³/mol. The average Bonchev–Trinajstić information content (AvgIpc) is 2.28. The van der Waals surface area contributed by atoms with E-state index in [1.807, 2.05) is 0 Å². The summed E-state index contributed by atoms with van der Waals surface area (Å²) in [4.78, 5) is 2.42. The molecule has 1 heterocycles. The molecule has 18 heavy (non-hydrogen) atoms. The van der Waals surface area contributed by atoms with Gasteiger partial charge in [0.25, 0.3) is 0 Å². The molecule has 1 rings (SSSR count). The van der Waals surface area contributed by atoms with E-state index in [9.17, 15) is 8.42 Å². The van der Waals surface area contributed by atoms with Crippen LogP contribution >= 0.6 is 0 Å². The Balaban J connectivity index is 2.18. The molecule has 0 aromatic carbocycles. The van der Waals surface area contributed by atoms with Crippen LogP contribution in [0.25, 0.3) is 0 Å². The SMILES string of the molecule is CCCNCC1CCCN(CCCS(C)(=O)=O)C1. The van der Waals surface area contributed by atoms with Gasteiger partial charge in [0.2, 0.25) is 0 Å². The van der Waals surface area contributed by atoms with Crippen LogP contribution in [0.15, 0.2) is 0 Å². The standard InChI is InChI=1S/C13H28N2O2S/c1-3-7-14-11-13-6-4-8-15(12-13)9-5-10-18(2,16)17/h13-14H,3-12H2,1-2H3. The van der Waals surface area contributed by atoms with Gasteiger partial charge in [-0.1, -0.05) is 6.92 Å². The second-order valence-corrected chi connectivity index (χ2v) is 7.76. The zero-order valence-electron chi connectivity index (χ0n) is 11.8. The van der Waals surface area contributed by atoms with Crippen molar-refractivity contribution in [3.8, 4) is 0 Å². The normalized spacial score (nSPS) is 22.2. The van der Waals surface area contributed by atoms with Crippen LogP contribution in [-0.2, 0) is 9.84 Å². The largest absolute Gasteiger partial charge is 0.316 e. The number of hydrogen-bond donors (Lipinski definition) is 1. The van der Waals surface area contributed by atoms with Crippen LogP contribution in [0.5, 0.6) is 0 Å². The highest BCUT2D eigenvalue weighted by Gasteiger charge is 2.19. The number of likely N-dealkylation sites (tertiary alicyclic amines) is 1. The third-order valence-corrected chi connectivity index (χ3v) is 4.48. The molecule has 0 radical (unpaired) electrons. The summed E-state index contributed by atoms with van der Waals surface area (Å²) in [6.45, 7) is 7.58. The lowest BCUT2D eigenvalue weighted by Crippen LogP contribution is -2.40. The van der Waals surface area contributed by atoms with Crippen molar-refractivity contribution in [2.75, 3.05) is 44.7 Å². The van der Waals surface area contributed by atoms with E-state index in [0.717, 1.165) is 45.1 Å². The molecule has 0 saturated carbocycles. The molecule has 0 aromatic heterocycles. The summed E-state index contributed by atoms with van der Waals surface area (Å²) in [5, 5.41) is 3.48. The summed E-state index contributed by atoms with van der Waals surface area (Å²) in [6, 6.07) is 0. The first-order chi connectivity index (χ1) is 8.51. The topological polar surface area (TPSA) is 49.4 Å². The molecular weight excluding hydrogens is 248 g/mol. The van der Waals surface area contributed by atoms with E-state index in [1.165, 1.54) is 25.5 Å². The van der Waals surface area contributed by atoms with Crippen LogP contribution in [0.1, 0.15) is 32.6 Å². The lowest BCUT2D eigenvalue weighted by atomic mass is 9.98. The zero-order chi connectivity index (χ0) is 13.4. The van der Waals surface area contributed by atoms with Gasteiger partial charge in [-0.15, -0.1) is 0 Å². The summed E-state index contributed by atoms with van der Waals surface area (Å²) < 4.78 is 22.2. The summed E-state index contributed by atoms with van der Waals surface area (Å²) >= 11 is 0. The van der Waals surface area contributed by atoms with Crippen molar-refractivity contribution in [3.05, 3.63) is 0 Å². The average molecular weight is 276 g/mol. The van der Waals surface area contributed by atoms with Gasteiger partial charge in [-0.05, 0) is 57.8 Å². The molecule has 1 N–H and O–H groups in total. The second kappa shape index (κ2) is 8.12. The third kappa shape index (κ3) is 7.34. The van der Waals surface area contributed by atoms with Crippen molar-refractivity contribution >= 4 is 9.84 Å². The fraction of sp³-hybridized carbons (Fsp3) is 1.00. The first-order valence-corrected chi connectivity index (χ1v) is 9.18. The van der Waals surface area contributed by atoms with Gasteiger partial charge in [0.05, 0.1) is 5.75 Å². The Morgan fingerprint density at radius 3 is 2.83 bits per heavy atom. The van der Waals surface area contributed by atoms with E-state index in [4.69, 9.17) is 0 Å². The van der Waals surface area contributed by atoms with Crippen LogP contribution in [-0.4, -0.2) is 58.1 Å². The fourth-order valence-electron chi connectivity index (χ4n) is 2.55. The summed E-state index contributed by atoms with van der Waals surface area (Å²) in [7, 11) is -2.80. The van der Waals surface area contributed by atoms with Gasteiger partial charge in [-0.2, -0.15) is 0 Å². The van der Waals surface area contributed by atoms with Crippen molar-refractivity contribution in [1.82, 2.24) is 10.2 Å². The molecule has 4 nitrogen and oxygen atoms in total. The van der Waals surface area contributed by atoms with Crippen LogP contribution in [0.3, 0.4) is 0 Å². The Hall–Kier alpha value is -0.130. The Kier molecular flexibility index (Phi) is 7.19. The van der Waals surface area contributed by atoms with Crippen molar-refractivity contribution in [2.24, 2.45) is 5.92 Å². The van der Waals surface area contributed by atoms with E-state index >= 15 is 0 Å². The molecule has 1 aliphatic rings. The maximum atomic E-state index is 11.1. The number of nitrogens with zero attached hydrogens (tertiary/aromatic N) is 1. The number of nitrogens with one attached hydrogen (secondary N) is 1. The van der Waals surface area contributed by atoms with Crippen LogP contribution in [0, 0.1) is 5.92 Å². The molecule has 1 aliphatic heterocycles. The molecular formula is C13H28N2O2S. The molecule has 1 saturated heterocycles. The summed E-state index contributed by atoms with van der Waals surface area (Å²) in [5.74, 6) is 1.06. The lowest BCUT2D eigenvalue weighted by molar-refractivity contribution is 0.173. The molecule has 0 amide bonds. The maximum absolute atomic E-state index is 11.1. The van der Waals surface area contributed by atoms with Gasteiger partial charge in [0, 0.05) is 12.8 Å². The lowest BCUT2D eigenvalue weighted by Gasteiger charge is -2.32. The Morgan fingerprint density at radius 1 is 1.39 bits per heavy atom. The monoisotopic (exact) mass is 276 g/mol. The van der Waals surface area contributed by atoms with E-state index in [1.54, 1.807) is 0 Å². The first-order valence-electron chi connectivity index (χ1n) is 7.12. The summed E-state index contributed by atoms with van der Waals surface area (Å²) in [5.41, 5.74) is 0. The van der Waals surface area contributed by atoms with E-state index in [2.05, 4.69) is 17.1 Å². The molecule has 0 aliphatic carbocycles.